The van der Waals surface area contributed by atoms with Crippen molar-refractivity contribution in [1.82, 2.24) is 0 Å². The van der Waals surface area contributed by atoms with Crippen LogP contribution in [0.15, 0.2) is 30.3 Å². The quantitative estimate of drug-likeness (QED) is 0.439. The molecule has 16 heavy (non-hydrogen) atoms. The fraction of sp³-hybridized carbons (Fsp3) is 0.214. The van der Waals surface area contributed by atoms with Gasteiger partial charge in [0.05, 0.1) is 6.61 Å². The minimum Gasteiger partial charge on any atom is -0.463 e. The van der Waals surface area contributed by atoms with Crippen LogP contribution in [0.25, 0.3) is 5.57 Å². The van der Waals surface area contributed by atoms with Crippen molar-refractivity contribution in [3.8, 4) is 12.3 Å². The van der Waals surface area contributed by atoms with Crippen molar-refractivity contribution in [2.24, 2.45) is 0 Å². The number of esters is 1. The zero-order valence-electron chi connectivity index (χ0n) is 9.49. The first kappa shape index (κ1) is 12.1. The van der Waals surface area contributed by atoms with Crippen LogP contribution < -0.4 is 0 Å². The second kappa shape index (κ2) is 5.77. The second-order valence-electron chi connectivity index (χ2n) is 3.27. The predicted octanol–water partition coefficient (Wildman–Crippen LogP) is 2.63. The van der Waals surface area contributed by atoms with Gasteiger partial charge in [-0.05, 0) is 31.1 Å². The van der Waals surface area contributed by atoms with Crippen molar-refractivity contribution in [3.63, 3.8) is 0 Å². The van der Waals surface area contributed by atoms with Gasteiger partial charge >= 0.3 is 5.97 Å². The maximum Gasteiger partial charge on any atom is 0.331 e. The van der Waals surface area contributed by atoms with Crippen molar-refractivity contribution < 1.29 is 9.53 Å². The summed E-state index contributed by atoms with van der Waals surface area (Å²) in [5.41, 5.74) is 2.48. The largest absolute Gasteiger partial charge is 0.463 e. The van der Waals surface area contributed by atoms with E-state index in [0.29, 0.717) is 6.61 Å². The molecular formula is C14H14O2. The summed E-state index contributed by atoms with van der Waals surface area (Å²) >= 11 is 0. The average molecular weight is 214 g/mol. The fourth-order valence-electron chi connectivity index (χ4n) is 1.39. The molecule has 1 rings (SSSR count). The van der Waals surface area contributed by atoms with Crippen LogP contribution >= 0.6 is 0 Å². The topological polar surface area (TPSA) is 26.3 Å². The average Bonchev–Trinajstić information content (AvgIpc) is 2.29. The van der Waals surface area contributed by atoms with Crippen molar-refractivity contribution in [1.29, 1.82) is 0 Å². The molecular weight excluding hydrogens is 200 g/mol. The van der Waals surface area contributed by atoms with Crippen molar-refractivity contribution in [3.05, 3.63) is 41.5 Å². The van der Waals surface area contributed by atoms with E-state index in [4.69, 9.17) is 11.2 Å². The number of terminal acetylenes is 1. The number of carbonyl (C=O) groups excluding carboxylic acids is 1. The van der Waals surface area contributed by atoms with E-state index in [9.17, 15) is 4.79 Å². The molecule has 0 radical (unpaired) electrons. The van der Waals surface area contributed by atoms with E-state index in [1.807, 2.05) is 31.2 Å². The molecule has 82 valence electrons. The Morgan fingerprint density at radius 1 is 1.50 bits per heavy atom. The predicted molar refractivity (Wildman–Crippen MR) is 64.7 cm³/mol. The van der Waals surface area contributed by atoms with Crippen LogP contribution in [0, 0.1) is 12.3 Å². The number of ether oxygens (including phenoxy) is 1. The molecule has 0 atom stereocenters. The van der Waals surface area contributed by atoms with E-state index < -0.39 is 0 Å². The lowest BCUT2D eigenvalue weighted by molar-refractivity contribution is -0.137. The SMILES string of the molecule is C#Cc1ccccc1/C(C)=C\C(=O)OCC. The van der Waals surface area contributed by atoms with Crippen molar-refractivity contribution in [2.45, 2.75) is 13.8 Å². The normalized spacial score (nSPS) is 10.7. The molecule has 0 fully saturated rings. The van der Waals surface area contributed by atoms with Crippen LogP contribution in [0.2, 0.25) is 0 Å². The van der Waals surface area contributed by atoms with Crippen LogP contribution in [0.4, 0.5) is 0 Å². The summed E-state index contributed by atoms with van der Waals surface area (Å²) in [6.45, 7) is 3.99. The number of hydrogen-bond acceptors (Lipinski definition) is 2. The first-order chi connectivity index (χ1) is 7.69. The van der Waals surface area contributed by atoms with Crippen LogP contribution in [-0.2, 0) is 9.53 Å². The molecule has 0 aliphatic carbocycles. The third-order valence-electron chi connectivity index (χ3n) is 2.13. The molecule has 2 heteroatoms. The summed E-state index contributed by atoms with van der Waals surface area (Å²) < 4.78 is 4.84. The maximum atomic E-state index is 11.3. The van der Waals surface area contributed by atoms with E-state index in [2.05, 4.69) is 5.92 Å². The zero-order valence-corrected chi connectivity index (χ0v) is 9.49. The van der Waals surface area contributed by atoms with Gasteiger partial charge in [-0.15, -0.1) is 6.42 Å². The Hall–Kier alpha value is -2.01. The lowest BCUT2D eigenvalue weighted by Crippen LogP contribution is -2.00. The highest BCUT2D eigenvalue weighted by atomic mass is 16.5. The van der Waals surface area contributed by atoms with Gasteiger partial charge in [-0.1, -0.05) is 24.1 Å². The molecule has 1 aromatic rings. The summed E-state index contributed by atoms with van der Waals surface area (Å²) in [5, 5.41) is 0. The fourth-order valence-corrected chi connectivity index (χ4v) is 1.39. The monoisotopic (exact) mass is 214 g/mol. The molecule has 0 saturated carbocycles. The standard InChI is InChI=1S/C14H14O2/c1-4-12-8-6-7-9-13(12)11(3)10-14(15)16-5-2/h1,6-10H,5H2,2-3H3/b11-10-. The third-order valence-corrected chi connectivity index (χ3v) is 2.13. The molecule has 0 saturated heterocycles. The Morgan fingerprint density at radius 3 is 2.81 bits per heavy atom. The number of carbonyl (C=O) groups is 1. The summed E-state index contributed by atoms with van der Waals surface area (Å²) in [6, 6.07) is 7.49. The molecule has 0 unspecified atom stereocenters. The number of hydrogen-bond donors (Lipinski definition) is 0. The second-order valence-corrected chi connectivity index (χ2v) is 3.27. The Balaban J connectivity index is 3.01. The number of rotatable bonds is 3. The van der Waals surface area contributed by atoms with Gasteiger partial charge in [-0.25, -0.2) is 4.79 Å². The van der Waals surface area contributed by atoms with E-state index in [0.717, 1.165) is 16.7 Å². The van der Waals surface area contributed by atoms with Gasteiger partial charge < -0.3 is 4.74 Å². The lowest BCUT2D eigenvalue weighted by Gasteiger charge is -2.04. The van der Waals surface area contributed by atoms with Gasteiger partial charge in [0.1, 0.15) is 0 Å². The Labute approximate surface area is 95.9 Å². The molecule has 0 amide bonds. The Bertz CT molecular complexity index is 450. The van der Waals surface area contributed by atoms with Crippen molar-refractivity contribution >= 4 is 11.5 Å². The van der Waals surface area contributed by atoms with Gasteiger partial charge in [0.15, 0.2) is 0 Å². The third kappa shape index (κ3) is 2.99. The first-order valence-corrected chi connectivity index (χ1v) is 5.10. The molecule has 0 heterocycles. The summed E-state index contributed by atoms with van der Waals surface area (Å²) in [5.74, 6) is 2.25. The maximum absolute atomic E-state index is 11.3. The van der Waals surface area contributed by atoms with E-state index in [1.165, 1.54) is 6.08 Å². The highest BCUT2D eigenvalue weighted by Crippen LogP contribution is 2.17. The van der Waals surface area contributed by atoms with Crippen LogP contribution in [-0.4, -0.2) is 12.6 Å². The molecule has 0 aromatic heterocycles. The molecule has 0 aliphatic rings. The van der Waals surface area contributed by atoms with Gasteiger partial charge in [0.25, 0.3) is 0 Å². The van der Waals surface area contributed by atoms with E-state index in [-0.39, 0.29) is 5.97 Å². The summed E-state index contributed by atoms with van der Waals surface area (Å²) in [7, 11) is 0. The van der Waals surface area contributed by atoms with E-state index in [1.54, 1.807) is 6.92 Å². The van der Waals surface area contributed by atoms with Gasteiger partial charge in [-0.3, -0.25) is 0 Å². The zero-order chi connectivity index (χ0) is 12.0. The molecule has 1 aromatic carbocycles. The minimum absolute atomic E-state index is 0.341. The minimum atomic E-state index is -0.341. The molecule has 0 aliphatic heterocycles. The summed E-state index contributed by atoms with van der Waals surface area (Å²) in [6.07, 6.45) is 6.84. The smallest absolute Gasteiger partial charge is 0.331 e. The van der Waals surface area contributed by atoms with Gasteiger partial charge in [0.2, 0.25) is 0 Å². The summed E-state index contributed by atoms with van der Waals surface area (Å²) in [4.78, 5) is 11.3. The Morgan fingerprint density at radius 2 is 2.19 bits per heavy atom. The molecule has 0 spiro atoms. The molecule has 2 nitrogen and oxygen atoms in total. The number of benzene rings is 1. The van der Waals surface area contributed by atoms with Gasteiger partial charge in [0, 0.05) is 11.6 Å². The number of allylic oxidation sites excluding steroid dienone is 1. The highest BCUT2D eigenvalue weighted by Gasteiger charge is 2.04. The van der Waals surface area contributed by atoms with E-state index >= 15 is 0 Å². The first-order valence-electron chi connectivity index (χ1n) is 5.10. The van der Waals surface area contributed by atoms with Crippen LogP contribution in [0.3, 0.4) is 0 Å². The molecule has 0 N–H and O–H groups in total. The van der Waals surface area contributed by atoms with Crippen LogP contribution in [0.1, 0.15) is 25.0 Å². The van der Waals surface area contributed by atoms with Crippen LogP contribution in [0.5, 0.6) is 0 Å². The Kier molecular flexibility index (Phi) is 4.35. The molecule has 0 bridgehead atoms. The lowest BCUT2D eigenvalue weighted by atomic mass is 10.0. The van der Waals surface area contributed by atoms with Crippen molar-refractivity contribution in [2.75, 3.05) is 6.61 Å². The highest BCUT2D eigenvalue weighted by molar-refractivity contribution is 5.91. The van der Waals surface area contributed by atoms with Gasteiger partial charge in [-0.2, -0.15) is 0 Å².